The fraction of sp³-hybridized carbons (Fsp3) is 0.818. The lowest BCUT2D eigenvalue weighted by atomic mass is 9.89. The molecule has 1 unspecified atom stereocenters. The van der Waals surface area contributed by atoms with Crippen LogP contribution in [-0.4, -0.2) is 61.5 Å². The van der Waals surface area contributed by atoms with Crippen LogP contribution in [0.4, 0.5) is 0 Å². The van der Waals surface area contributed by atoms with Crippen molar-refractivity contribution in [3.63, 3.8) is 0 Å². The van der Waals surface area contributed by atoms with Gasteiger partial charge in [0.05, 0.1) is 5.41 Å². The van der Waals surface area contributed by atoms with E-state index in [1.807, 2.05) is 11.9 Å². The highest BCUT2D eigenvalue weighted by Gasteiger charge is 2.41. The molecule has 2 aliphatic rings. The summed E-state index contributed by atoms with van der Waals surface area (Å²) < 4.78 is 0. The van der Waals surface area contributed by atoms with Gasteiger partial charge in [0.2, 0.25) is 11.8 Å². The molecule has 0 spiro atoms. The maximum absolute atomic E-state index is 12.1. The van der Waals surface area contributed by atoms with Crippen LogP contribution in [0.3, 0.4) is 0 Å². The molecule has 2 heterocycles. The maximum atomic E-state index is 12.1. The van der Waals surface area contributed by atoms with Gasteiger partial charge in [0.25, 0.3) is 0 Å². The maximum Gasteiger partial charge on any atom is 0.242 e. The van der Waals surface area contributed by atoms with Crippen molar-refractivity contribution >= 4 is 11.8 Å². The standard InChI is InChI=1S/C11H20N4O2/c1-11(7-9(16)12-8-11)10(17)13-15-5-3-14(2)4-6-15/h3-8H2,1-2H3,(H,12,16)(H,13,17). The average Bonchev–Trinajstić information content (AvgIpc) is 2.63. The van der Waals surface area contributed by atoms with Crippen LogP contribution >= 0.6 is 0 Å². The van der Waals surface area contributed by atoms with E-state index in [1.54, 1.807) is 0 Å². The molecule has 1 atom stereocenters. The highest BCUT2D eigenvalue weighted by Crippen LogP contribution is 2.25. The predicted molar refractivity (Wildman–Crippen MR) is 62.9 cm³/mol. The molecule has 2 saturated heterocycles. The summed E-state index contributed by atoms with van der Waals surface area (Å²) in [7, 11) is 2.07. The summed E-state index contributed by atoms with van der Waals surface area (Å²) in [6.07, 6.45) is 0.284. The number of hydrazine groups is 1. The van der Waals surface area contributed by atoms with Gasteiger partial charge in [-0.05, 0) is 14.0 Å². The van der Waals surface area contributed by atoms with E-state index in [4.69, 9.17) is 0 Å². The van der Waals surface area contributed by atoms with Gasteiger partial charge in [0, 0.05) is 39.1 Å². The topological polar surface area (TPSA) is 64.7 Å². The van der Waals surface area contributed by atoms with Crippen molar-refractivity contribution in [3.05, 3.63) is 0 Å². The largest absolute Gasteiger partial charge is 0.355 e. The van der Waals surface area contributed by atoms with E-state index >= 15 is 0 Å². The van der Waals surface area contributed by atoms with Crippen LogP contribution in [0, 0.1) is 5.41 Å². The lowest BCUT2D eigenvalue weighted by Crippen LogP contribution is -2.55. The van der Waals surface area contributed by atoms with E-state index < -0.39 is 5.41 Å². The van der Waals surface area contributed by atoms with E-state index in [1.165, 1.54) is 0 Å². The van der Waals surface area contributed by atoms with Crippen LogP contribution in [-0.2, 0) is 9.59 Å². The second-order valence-electron chi connectivity index (χ2n) is 5.25. The molecule has 6 nitrogen and oxygen atoms in total. The van der Waals surface area contributed by atoms with Crippen molar-refractivity contribution < 1.29 is 9.59 Å². The number of hydrogen-bond donors (Lipinski definition) is 2. The Bertz CT molecular complexity index is 325. The smallest absolute Gasteiger partial charge is 0.242 e. The number of rotatable bonds is 2. The number of piperazine rings is 1. The normalized spacial score (nSPS) is 31.3. The van der Waals surface area contributed by atoms with Crippen molar-refractivity contribution in [1.29, 1.82) is 0 Å². The molecule has 17 heavy (non-hydrogen) atoms. The molecule has 0 aromatic rings. The Kier molecular flexibility index (Phi) is 3.35. The molecule has 6 heteroatoms. The Morgan fingerprint density at radius 2 is 2.00 bits per heavy atom. The lowest BCUT2D eigenvalue weighted by molar-refractivity contribution is -0.136. The van der Waals surface area contributed by atoms with Crippen LogP contribution in [0.5, 0.6) is 0 Å². The first kappa shape index (κ1) is 12.3. The van der Waals surface area contributed by atoms with E-state index in [2.05, 4.69) is 22.7 Å². The van der Waals surface area contributed by atoms with Gasteiger partial charge < -0.3 is 10.2 Å². The van der Waals surface area contributed by atoms with Crippen molar-refractivity contribution in [2.75, 3.05) is 39.8 Å². The molecule has 96 valence electrons. The van der Waals surface area contributed by atoms with Crippen LogP contribution in [0.2, 0.25) is 0 Å². The van der Waals surface area contributed by atoms with Gasteiger partial charge >= 0.3 is 0 Å². The molecule has 0 radical (unpaired) electrons. The second-order valence-corrected chi connectivity index (χ2v) is 5.25. The number of nitrogens with zero attached hydrogens (tertiary/aromatic N) is 2. The van der Waals surface area contributed by atoms with E-state index in [0.29, 0.717) is 6.54 Å². The molecule has 2 amide bonds. The fourth-order valence-electron chi connectivity index (χ4n) is 2.13. The van der Waals surface area contributed by atoms with Gasteiger partial charge in [-0.25, -0.2) is 5.01 Å². The van der Waals surface area contributed by atoms with E-state index in [-0.39, 0.29) is 18.2 Å². The summed E-state index contributed by atoms with van der Waals surface area (Å²) >= 11 is 0. The molecule has 2 fully saturated rings. The van der Waals surface area contributed by atoms with E-state index in [0.717, 1.165) is 26.2 Å². The van der Waals surface area contributed by atoms with Crippen molar-refractivity contribution in [2.24, 2.45) is 5.41 Å². The minimum absolute atomic E-state index is 0.0407. The van der Waals surface area contributed by atoms with Crippen LogP contribution in [0.25, 0.3) is 0 Å². The molecule has 0 saturated carbocycles. The predicted octanol–water partition coefficient (Wildman–Crippen LogP) is -1.21. The summed E-state index contributed by atoms with van der Waals surface area (Å²) in [5.74, 6) is -0.0959. The van der Waals surface area contributed by atoms with Crippen molar-refractivity contribution in [1.82, 2.24) is 20.7 Å². The monoisotopic (exact) mass is 240 g/mol. The zero-order valence-corrected chi connectivity index (χ0v) is 10.5. The van der Waals surface area contributed by atoms with Gasteiger partial charge in [-0.1, -0.05) is 0 Å². The van der Waals surface area contributed by atoms with Gasteiger partial charge in [-0.15, -0.1) is 0 Å². The van der Waals surface area contributed by atoms with Crippen molar-refractivity contribution in [2.45, 2.75) is 13.3 Å². The molecule has 0 aromatic heterocycles. The molecular formula is C11H20N4O2. The highest BCUT2D eigenvalue weighted by atomic mass is 16.2. The Morgan fingerprint density at radius 1 is 1.35 bits per heavy atom. The molecule has 2 N–H and O–H groups in total. The SMILES string of the molecule is CN1CCN(NC(=O)C2(C)CNC(=O)C2)CC1. The third-order valence-electron chi connectivity index (χ3n) is 3.54. The zero-order chi connectivity index (χ0) is 12.5. The number of hydrogen-bond acceptors (Lipinski definition) is 4. The van der Waals surface area contributed by atoms with Crippen LogP contribution < -0.4 is 10.7 Å². The van der Waals surface area contributed by atoms with Crippen LogP contribution in [0.1, 0.15) is 13.3 Å². The Labute approximate surface area is 101 Å². The van der Waals surface area contributed by atoms with Crippen molar-refractivity contribution in [3.8, 4) is 0 Å². The first-order chi connectivity index (χ1) is 7.99. The Hall–Kier alpha value is -1.14. The molecule has 0 bridgehead atoms. The van der Waals surface area contributed by atoms with Crippen LogP contribution in [0.15, 0.2) is 0 Å². The number of amides is 2. The van der Waals surface area contributed by atoms with Gasteiger partial charge in [-0.2, -0.15) is 0 Å². The summed E-state index contributed by atoms with van der Waals surface area (Å²) in [4.78, 5) is 25.5. The third kappa shape index (κ3) is 2.76. The number of carbonyl (C=O) groups is 2. The fourth-order valence-corrected chi connectivity index (χ4v) is 2.13. The number of likely N-dealkylation sites (N-methyl/N-ethyl adjacent to an activating group) is 1. The molecule has 0 aliphatic carbocycles. The van der Waals surface area contributed by atoms with E-state index in [9.17, 15) is 9.59 Å². The number of carbonyl (C=O) groups excluding carboxylic acids is 2. The summed E-state index contributed by atoms with van der Waals surface area (Å²) in [6, 6.07) is 0. The Morgan fingerprint density at radius 3 is 2.53 bits per heavy atom. The average molecular weight is 240 g/mol. The molecular weight excluding hydrogens is 220 g/mol. The summed E-state index contributed by atoms with van der Waals surface area (Å²) in [5, 5.41) is 4.65. The second kappa shape index (κ2) is 4.62. The minimum Gasteiger partial charge on any atom is -0.355 e. The molecule has 0 aromatic carbocycles. The lowest BCUT2D eigenvalue weighted by Gasteiger charge is -2.34. The van der Waals surface area contributed by atoms with Gasteiger partial charge in [0.15, 0.2) is 0 Å². The molecule has 2 rings (SSSR count). The summed E-state index contributed by atoms with van der Waals surface area (Å²) in [5.41, 5.74) is 2.32. The quantitative estimate of drug-likeness (QED) is 0.636. The Balaban J connectivity index is 1.87. The molecule has 2 aliphatic heterocycles. The first-order valence-corrected chi connectivity index (χ1v) is 6.01. The summed E-state index contributed by atoms with van der Waals surface area (Å²) in [6.45, 7) is 5.84. The minimum atomic E-state index is -0.597. The van der Waals surface area contributed by atoms with Gasteiger partial charge in [0.1, 0.15) is 0 Å². The van der Waals surface area contributed by atoms with Gasteiger partial charge in [-0.3, -0.25) is 15.0 Å². The third-order valence-corrected chi connectivity index (χ3v) is 3.54. The number of nitrogens with one attached hydrogen (secondary N) is 2. The zero-order valence-electron chi connectivity index (χ0n) is 10.5. The highest BCUT2D eigenvalue weighted by molar-refractivity contribution is 5.91. The first-order valence-electron chi connectivity index (χ1n) is 6.01.